The van der Waals surface area contributed by atoms with E-state index >= 15 is 0 Å². The number of imide groups is 1. The molecule has 0 spiro atoms. The fraction of sp³-hybridized carbons (Fsp3) is 0.727. The van der Waals surface area contributed by atoms with Crippen molar-refractivity contribution in [2.75, 3.05) is 19.6 Å². The van der Waals surface area contributed by atoms with E-state index in [1.54, 1.807) is 4.90 Å². The van der Waals surface area contributed by atoms with Crippen LogP contribution in [0.2, 0.25) is 0 Å². The van der Waals surface area contributed by atoms with E-state index in [1.807, 2.05) is 6.92 Å². The Labute approximate surface area is 99.9 Å². The van der Waals surface area contributed by atoms with Crippen LogP contribution in [-0.2, 0) is 9.59 Å². The minimum absolute atomic E-state index is 0.0825. The molecule has 1 N–H and O–H groups in total. The molecule has 0 radical (unpaired) electrons. The zero-order chi connectivity index (χ0) is 12.4. The van der Waals surface area contributed by atoms with Crippen molar-refractivity contribution in [3.05, 3.63) is 0 Å². The van der Waals surface area contributed by atoms with E-state index in [1.165, 1.54) is 4.90 Å². The van der Waals surface area contributed by atoms with Crippen LogP contribution in [0.3, 0.4) is 0 Å². The van der Waals surface area contributed by atoms with Gasteiger partial charge >= 0.3 is 6.03 Å². The van der Waals surface area contributed by atoms with Crippen LogP contribution in [0, 0.1) is 0 Å². The first-order valence-electron chi connectivity index (χ1n) is 6.01. The van der Waals surface area contributed by atoms with Gasteiger partial charge in [0.15, 0.2) is 0 Å². The van der Waals surface area contributed by atoms with Crippen LogP contribution < -0.4 is 5.32 Å². The molecule has 0 unspecified atom stereocenters. The van der Waals surface area contributed by atoms with Crippen LogP contribution in [0.1, 0.15) is 26.2 Å². The lowest BCUT2D eigenvalue weighted by Crippen LogP contribution is -2.62. The van der Waals surface area contributed by atoms with Crippen LogP contribution >= 0.6 is 0 Å². The van der Waals surface area contributed by atoms with Gasteiger partial charge in [-0.2, -0.15) is 0 Å². The molecule has 0 atom stereocenters. The number of carbonyl (C=O) groups is 3. The number of unbranched alkanes of at least 4 members (excludes halogenated alkanes) is 1. The van der Waals surface area contributed by atoms with Crippen molar-refractivity contribution >= 4 is 17.8 Å². The van der Waals surface area contributed by atoms with Crippen LogP contribution in [-0.4, -0.2) is 53.3 Å². The van der Waals surface area contributed by atoms with Crippen LogP contribution in [0.15, 0.2) is 0 Å². The monoisotopic (exact) mass is 239 g/mol. The smallest absolute Gasteiger partial charge is 0.324 e. The standard InChI is InChI=1S/C11H17N3O3/c1-2-3-4-9(15)13-6-8(7-13)14-10(16)5-12-11(14)17/h8H,2-7H2,1H3,(H,12,17). The number of amides is 4. The summed E-state index contributed by atoms with van der Waals surface area (Å²) in [5.41, 5.74) is 0. The third-order valence-electron chi connectivity index (χ3n) is 3.20. The minimum Gasteiger partial charge on any atom is -0.338 e. The molecule has 17 heavy (non-hydrogen) atoms. The van der Waals surface area contributed by atoms with Gasteiger partial charge in [0, 0.05) is 19.5 Å². The average molecular weight is 239 g/mol. The van der Waals surface area contributed by atoms with E-state index in [9.17, 15) is 14.4 Å². The highest BCUT2D eigenvalue weighted by molar-refractivity contribution is 6.02. The van der Waals surface area contributed by atoms with E-state index in [-0.39, 0.29) is 30.4 Å². The summed E-state index contributed by atoms with van der Waals surface area (Å²) < 4.78 is 0. The molecule has 4 amide bonds. The molecule has 0 bridgehead atoms. The molecule has 0 aromatic rings. The van der Waals surface area contributed by atoms with Crippen molar-refractivity contribution in [1.29, 1.82) is 0 Å². The molecular formula is C11H17N3O3. The molecule has 0 aromatic heterocycles. The fourth-order valence-electron chi connectivity index (χ4n) is 2.11. The zero-order valence-corrected chi connectivity index (χ0v) is 9.94. The molecule has 2 fully saturated rings. The lowest BCUT2D eigenvalue weighted by Gasteiger charge is -2.42. The lowest BCUT2D eigenvalue weighted by atomic mass is 10.1. The molecule has 0 aliphatic carbocycles. The first-order valence-corrected chi connectivity index (χ1v) is 6.01. The first-order chi connectivity index (χ1) is 8.13. The third kappa shape index (κ3) is 2.25. The van der Waals surface area contributed by atoms with Crippen LogP contribution in [0.25, 0.3) is 0 Å². The molecule has 6 nitrogen and oxygen atoms in total. The Hall–Kier alpha value is -1.59. The molecule has 0 aromatic carbocycles. The molecule has 2 aliphatic rings. The molecule has 2 saturated heterocycles. The van der Waals surface area contributed by atoms with Crippen molar-refractivity contribution < 1.29 is 14.4 Å². The summed E-state index contributed by atoms with van der Waals surface area (Å²) in [6.07, 6.45) is 2.45. The number of likely N-dealkylation sites (tertiary alicyclic amines) is 1. The van der Waals surface area contributed by atoms with E-state index in [0.717, 1.165) is 12.8 Å². The number of hydrogen-bond donors (Lipinski definition) is 1. The Balaban J connectivity index is 1.80. The fourth-order valence-corrected chi connectivity index (χ4v) is 2.11. The van der Waals surface area contributed by atoms with E-state index in [2.05, 4.69) is 5.32 Å². The van der Waals surface area contributed by atoms with Gasteiger partial charge in [-0.05, 0) is 6.42 Å². The van der Waals surface area contributed by atoms with Crippen LogP contribution in [0.5, 0.6) is 0 Å². The van der Waals surface area contributed by atoms with Crippen molar-refractivity contribution in [3.8, 4) is 0 Å². The Morgan fingerprint density at radius 2 is 2.12 bits per heavy atom. The molecule has 6 heteroatoms. The van der Waals surface area contributed by atoms with Gasteiger partial charge in [0.25, 0.3) is 0 Å². The highest BCUT2D eigenvalue weighted by atomic mass is 16.2. The Morgan fingerprint density at radius 1 is 1.41 bits per heavy atom. The predicted octanol–water partition coefficient (Wildman–Crippen LogP) is -0.0608. The maximum atomic E-state index is 11.6. The third-order valence-corrected chi connectivity index (χ3v) is 3.20. The molecule has 0 saturated carbocycles. The number of urea groups is 1. The highest BCUT2D eigenvalue weighted by Gasteiger charge is 2.42. The maximum absolute atomic E-state index is 11.6. The van der Waals surface area contributed by atoms with Gasteiger partial charge in [-0.1, -0.05) is 13.3 Å². The first kappa shape index (κ1) is 11.9. The summed E-state index contributed by atoms with van der Waals surface area (Å²) in [6.45, 7) is 3.10. The SMILES string of the molecule is CCCCC(=O)N1CC(N2C(=O)CNC2=O)C1. The summed E-state index contributed by atoms with van der Waals surface area (Å²) in [6, 6.07) is -0.462. The molecular weight excluding hydrogens is 222 g/mol. The Kier molecular flexibility index (Phi) is 3.31. The number of nitrogens with one attached hydrogen (secondary N) is 1. The quantitative estimate of drug-likeness (QED) is 0.699. The van der Waals surface area contributed by atoms with Gasteiger partial charge in [0.2, 0.25) is 11.8 Å². The zero-order valence-electron chi connectivity index (χ0n) is 9.94. The average Bonchev–Trinajstić information content (AvgIpc) is 2.56. The summed E-state index contributed by atoms with van der Waals surface area (Å²) in [5.74, 6) is -0.0733. The van der Waals surface area contributed by atoms with Gasteiger partial charge < -0.3 is 10.2 Å². The summed E-state index contributed by atoms with van der Waals surface area (Å²) in [5, 5.41) is 2.48. The van der Waals surface area contributed by atoms with Crippen molar-refractivity contribution in [1.82, 2.24) is 15.1 Å². The maximum Gasteiger partial charge on any atom is 0.324 e. The molecule has 94 valence electrons. The van der Waals surface area contributed by atoms with Crippen molar-refractivity contribution in [3.63, 3.8) is 0 Å². The summed E-state index contributed by atoms with van der Waals surface area (Å²) in [7, 11) is 0. The number of hydrogen-bond acceptors (Lipinski definition) is 3. The molecule has 2 rings (SSSR count). The minimum atomic E-state index is -0.333. The van der Waals surface area contributed by atoms with Gasteiger partial charge in [-0.15, -0.1) is 0 Å². The lowest BCUT2D eigenvalue weighted by molar-refractivity contribution is -0.142. The summed E-state index contributed by atoms with van der Waals surface area (Å²) in [4.78, 5) is 37.3. The van der Waals surface area contributed by atoms with Gasteiger partial charge in [0.05, 0.1) is 12.6 Å². The summed E-state index contributed by atoms with van der Waals surface area (Å²) >= 11 is 0. The number of nitrogens with zero attached hydrogens (tertiary/aromatic N) is 2. The predicted molar refractivity (Wildman–Crippen MR) is 60.1 cm³/mol. The Morgan fingerprint density at radius 3 is 2.65 bits per heavy atom. The number of carbonyl (C=O) groups excluding carboxylic acids is 3. The number of rotatable bonds is 4. The largest absolute Gasteiger partial charge is 0.338 e. The van der Waals surface area contributed by atoms with E-state index < -0.39 is 0 Å². The molecule has 2 aliphatic heterocycles. The second-order valence-corrected chi connectivity index (χ2v) is 4.48. The van der Waals surface area contributed by atoms with E-state index in [4.69, 9.17) is 0 Å². The van der Waals surface area contributed by atoms with Crippen molar-refractivity contribution in [2.24, 2.45) is 0 Å². The van der Waals surface area contributed by atoms with E-state index in [0.29, 0.717) is 19.5 Å². The van der Waals surface area contributed by atoms with Crippen molar-refractivity contribution in [2.45, 2.75) is 32.2 Å². The second kappa shape index (κ2) is 4.73. The van der Waals surface area contributed by atoms with Gasteiger partial charge in [-0.25, -0.2) is 4.79 Å². The molecule has 2 heterocycles. The van der Waals surface area contributed by atoms with Gasteiger partial charge in [0.1, 0.15) is 0 Å². The topological polar surface area (TPSA) is 69.7 Å². The normalized spacial score (nSPS) is 20.5. The highest BCUT2D eigenvalue weighted by Crippen LogP contribution is 2.18. The second-order valence-electron chi connectivity index (χ2n) is 4.48. The van der Waals surface area contributed by atoms with Crippen LogP contribution in [0.4, 0.5) is 4.79 Å². The Bertz CT molecular complexity index is 334. The van der Waals surface area contributed by atoms with Gasteiger partial charge in [-0.3, -0.25) is 14.5 Å².